The molecule has 104 valence electrons. The van der Waals surface area contributed by atoms with E-state index in [0.29, 0.717) is 6.42 Å². The van der Waals surface area contributed by atoms with Gasteiger partial charge in [0.25, 0.3) is 0 Å². The van der Waals surface area contributed by atoms with E-state index in [-0.39, 0.29) is 11.9 Å². The average Bonchev–Trinajstić information content (AvgIpc) is 2.27. The van der Waals surface area contributed by atoms with E-state index in [4.69, 9.17) is 4.74 Å². The quantitative estimate of drug-likeness (QED) is 0.837. The van der Waals surface area contributed by atoms with Gasteiger partial charge in [-0.3, -0.25) is 0 Å². The van der Waals surface area contributed by atoms with E-state index in [9.17, 15) is 9.18 Å². The molecule has 0 spiro atoms. The summed E-state index contributed by atoms with van der Waals surface area (Å²) in [6.07, 6.45) is 1.75. The van der Waals surface area contributed by atoms with E-state index in [1.165, 1.54) is 12.1 Å². The predicted molar refractivity (Wildman–Crippen MR) is 73.3 cm³/mol. The molecule has 0 aliphatic carbocycles. The van der Waals surface area contributed by atoms with Crippen molar-refractivity contribution >= 4 is 6.09 Å². The highest BCUT2D eigenvalue weighted by atomic mass is 19.1. The molecule has 0 bridgehead atoms. The number of benzene rings is 1. The standard InChI is InChI=1S/C15H20FNO2/c1-5-6-13(11-7-9-12(16)10-8-11)17-14(18)19-15(2,3)4/h5,7-10,13H,1,6H2,2-4H3,(H,17,18). The molecule has 0 heterocycles. The van der Waals surface area contributed by atoms with Crippen molar-refractivity contribution in [2.75, 3.05) is 0 Å². The van der Waals surface area contributed by atoms with Crippen LogP contribution in [0.15, 0.2) is 36.9 Å². The van der Waals surface area contributed by atoms with Gasteiger partial charge in [-0.2, -0.15) is 0 Å². The monoisotopic (exact) mass is 265 g/mol. The fourth-order valence-corrected chi connectivity index (χ4v) is 1.59. The van der Waals surface area contributed by atoms with Gasteiger partial charge in [-0.25, -0.2) is 9.18 Å². The largest absolute Gasteiger partial charge is 0.444 e. The molecular formula is C15H20FNO2. The number of rotatable bonds is 4. The van der Waals surface area contributed by atoms with Crippen molar-refractivity contribution in [3.63, 3.8) is 0 Å². The van der Waals surface area contributed by atoms with Crippen LogP contribution in [0.5, 0.6) is 0 Å². The van der Waals surface area contributed by atoms with Crippen molar-refractivity contribution in [1.29, 1.82) is 0 Å². The van der Waals surface area contributed by atoms with Crippen molar-refractivity contribution in [3.05, 3.63) is 48.3 Å². The van der Waals surface area contributed by atoms with Gasteiger partial charge in [-0.1, -0.05) is 18.2 Å². The van der Waals surface area contributed by atoms with Crippen LogP contribution >= 0.6 is 0 Å². The molecule has 0 radical (unpaired) electrons. The second-order valence-corrected chi connectivity index (χ2v) is 5.27. The molecular weight excluding hydrogens is 245 g/mol. The number of ether oxygens (including phenoxy) is 1. The Kier molecular flexibility index (Phi) is 5.10. The first kappa shape index (κ1) is 15.2. The molecule has 1 amide bonds. The normalized spacial score (nSPS) is 12.6. The molecule has 1 atom stereocenters. The van der Waals surface area contributed by atoms with Crippen LogP contribution in [0.3, 0.4) is 0 Å². The molecule has 0 saturated heterocycles. The van der Waals surface area contributed by atoms with Crippen LogP contribution in [-0.2, 0) is 4.74 Å². The van der Waals surface area contributed by atoms with Crippen LogP contribution in [0.4, 0.5) is 9.18 Å². The Labute approximate surface area is 113 Å². The SMILES string of the molecule is C=CCC(NC(=O)OC(C)(C)C)c1ccc(F)cc1. The second-order valence-electron chi connectivity index (χ2n) is 5.27. The highest BCUT2D eigenvalue weighted by Gasteiger charge is 2.19. The number of carbonyl (C=O) groups is 1. The number of halogens is 1. The van der Waals surface area contributed by atoms with Gasteiger partial charge < -0.3 is 10.1 Å². The van der Waals surface area contributed by atoms with Crippen molar-refractivity contribution in [1.82, 2.24) is 5.32 Å². The molecule has 3 nitrogen and oxygen atoms in total. The number of nitrogens with one attached hydrogen (secondary N) is 1. The minimum atomic E-state index is -0.550. The summed E-state index contributed by atoms with van der Waals surface area (Å²) in [4.78, 5) is 11.7. The molecule has 1 aromatic rings. The number of hydrogen-bond acceptors (Lipinski definition) is 2. The van der Waals surface area contributed by atoms with Crippen LogP contribution in [0.2, 0.25) is 0 Å². The summed E-state index contributed by atoms with van der Waals surface area (Å²) in [5.74, 6) is -0.307. The topological polar surface area (TPSA) is 38.3 Å². The van der Waals surface area contributed by atoms with E-state index in [1.54, 1.807) is 39.0 Å². The summed E-state index contributed by atoms with van der Waals surface area (Å²) in [6.45, 7) is 9.06. The fraction of sp³-hybridized carbons (Fsp3) is 0.400. The van der Waals surface area contributed by atoms with Crippen LogP contribution in [0.25, 0.3) is 0 Å². The first-order valence-electron chi connectivity index (χ1n) is 6.17. The highest BCUT2D eigenvalue weighted by molar-refractivity contribution is 5.68. The lowest BCUT2D eigenvalue weighted by Crippen LogP contribution is -2.34. The zero-order chi connectivity index (χ0) is 14.5. The molecule has 1 aromatic carbocycles. The Morgan fingerprint density at radius 3 is 2.47 bits per heavy atom. The zero-order valence-corrected chi connectivity index (χ0v) is 11.6. The molecule has 19 heavy (non-hydrogen) atoms. The Morgan fingerprint density at radius 1 is 1.42 bits per heavy atom. The first-order chi connectivity index (χ1) is 8.81. The molecule has 1 rings (SSSR count). The maximum Gasteiger partial charge on any atom is 0.408 e. The number of amides is 1. The third-order valence-electron chi connectivity index (χ3n) is 2.37. The smallest absolute Gasteiger partial charge is 0.408 e. The van der Waals surface area contributed by atoms with Gasteiger partial charge in [0.05, 0.1) is 6.04 Å². The van der Waals surface area contributed by atoms with Crippen molar-refractivity contribution < 1.29 is 13.9 Å². The van der Waals surface area contributed by atoms with Crippen LogP contribution < -0.4 is 5.32 Å². The number of hydrogen-bond donors (Lipinski definition) is 1. The Balaban J connectivity index is 2.75. The lowest BCUT2D eigenvalue weighted by atomic mass is 10.0. The maximum absolute atomic E-state index is 12.9. The summed E-state index contributed by atoms with van der Waals surface area (Å²) < 4.78 is 18.1. The maximum atomic E-state index is 12.9. The van der Waals surface area contributed by atoms with Gasteiger partial charge in [0.2, 0.25) is 0 Å². The van der Waals surface area contributed by atoms with Gasteiger partial charge in [0.15, 0.2) is 0 Å². The van der Waals surface area contributed by atoms with Gasteiger partial charge in [0.1, 0.15) is 11.4 Å². The third kappa shape index (κ3) is 5.55. The molecule has 0 aliphatic rings. The molecule has 1 N–H and O–H groups in total. The molecule has 1 unspecified atom stereocenters. The van der Waals surface area contributed by atoms with Gasteiger partial charge in [0, 0.05) is 0 Å². The Hall–Kier alpha value is -1.84. The van der Waals surface area contributed by atoms with Crippen molar-refractivity contribution in [2.45, 2.75) is 38.8 Å². The fourth-order valence-electron chi connectivity index (χ4n) is 1.59. The summed E-state index contributed by atoms with van der Waals surface area (Å²) >= 11 is 0. The number of alkyl carbamates (subject to hydrolysis) is 1. The third-order valence-corrected chi connectivity index (χ3v) is 2.37. The van der Waals surface area contributed by atoms with E-state index in [0.717, 1.165) is 5.56 Å². The lowest BCUT2D eigenvalue weighted by Gasteiger charge is -2.23. The lowest BCUT2D eigenvalue weighted by molar-refractivity contribution is 0.0504. The van der Waals surface area contributed by atoms with Crippen LogP contribution in [0.1, 0.15) is 38.8 Å². The van der Waals surface area contributed by atoms with Crippen molar-refractivity contribution in [3.8, 4) is 0 Å². The summed E-state index contributed by atoms with van der Waals surface area (Å²) in [6, 6.07) is 5.74. The summed E-state index contributed by atoms with van der Waals surface area (Å²) in [5, 5.41) is 2.76. The number of carbonyl (C=O) groups excluding carboxylic acids is 1. The second kappa shape index (κ2) is 6.36. The van der Waals surface area contributed by atoms with E-state index >= 15 is 0 Å². The van der Waals surface area contributed by atoms with E-state index in [1.807, 2.05) is 0 Å². The van der Waals surface area contributed by atoms with Crippen molar-refractivity contribution in [2.24, 2.45) is 0 Å². The molecule has 0 saturated carbocycles. The molecule has 0 fully saturated rings. The van der Waals surface area contributed by atoms with E-state index in [2.05, 4.69) is 11.9 Å². The van der Waals surface area contributed by atoms with Crippen LogP contribution in [0, 0.1) is 5.82 Å². The Morgan fingerprint density at radius 2 is 2.00 bits per heavy atom. The molecule has 0 aliphatic heterocycles. The van der Waals surface area contributed by atoms with Gasteiger partial charge >= 0.3 is 6.09 Å². The minimum Gasteiger partial charge on any atom is -0.444 e. The zero-order valence-electron chi connectivity index (χ0n) is 11.6. The minimum absolute atomic E-state index is 0.270. The summed E-state index contributed by atoms with van der Waals surface area (Å²) in [7, 11) is 0. The molecule has 0 aromatic heterocycles. The average molecular weight is 265 g/mol. The van der Waals surface area contributed by atoms with Gasteiger partial charge in [-0.15, -0.1) is 6.58 Å². The first-order valence-corrected chi connectivity index (χ1v) is 6.17. The van der Waals surface area contributed by atoms with Gasteiger partial charge in [-0.05, 0) is 44.9 Å². The van der Waals surface area contributed by atoms with Crippen LogP contribution in [-0.4, -0.2) is 11.7 Å². The highest BCUT2D eigenvalue weighted by Crippen LogP contribution is 2.18. The summed E-state index contributed by atoms with van der Waals surface area (Å²) in [5.41, 5.74) is 0.262. The van der Waals surface area contributed by atoms with E-state index < -0.39 is 11.7 Å². The molecule has 4 heteroatoms. The predicted octanol–water partition coefficient (Wildman–Crippen LogP) is 3.97. The Bertz CT molecular complexity index is 434.